The molecule has 0 aromatic carbocycles. The van der Waals surface area contributed by atoms with Crippen LogP contribution in [0.4, 0.5) is 4.79 Å². The average molecular weight is 259 g/mol. The third-order valence-electron chi connectivity index (χ3n) is 3.01. The number of amides is 1. The zero-order valence-electron chi connectivity index (χ0n) is 12.5. The third-order valence-corrected chi connectivity index (χ3v) is 3.01. The van der Waals surface area contributed by atoms with Crippen LogP contribution in [0.1, 0.15) is 53.9 Å². The summed E-state index contributed by atoms with van der Waals surface area (Å²) in [7, 11) is 0. The Balaban J connectivity index is 4.03. The van der Waals surface area contributed by atoms with Crippen LogP contribution < -0.4 is 5.32 Å². The third kappa shape index (κ3) is 8.34. The van der Waals surface area contributed by atoms with E-state index in [1.54, 1.807) is 0 Å². The molecule has 2 N–H and O–H groups in total. The number of hydrogen-bond donors (Lipinski definition) is 2. The van der Waals surface area contributed by atoms with Crippen LogP contribution in [0, 0.1) is 11.8 Å². The lowest BCUT2D eigenvalue weighted by atomic mass is 9.91. The molecule has 1 atom stereocenters. The molecular weight excluding hydrogens is 230 g/mol. The van der Waals surface area contributed by atoms with Gasteiger partial charge in [0, 0.05) is 13.2 Å². The molecule has 4 nitrogen and oxygen atoms in total. The Bertz CT molecular complexity index is 232. The lowest BCUT2D eigenvalue weighted by molar-refractivity contribution is 0.0508. The predicted molar refractivity (Wildman–Crippen MR) is 73.5 cm³/mol. The molecule has 0 aliphatic carbocycles. The molecule has 0 saturated carbocycles. The number of alkyl carbamates (subject to hydrolysis) is 1. The quantitative estimate of drug-likeness (QED) is 0.739. The van der Waals surface area contributed by atoms with Gasteiger partial charge in [0.25, 0.3) is 0 Å². The summed E-state index contributed by atoms with van der Waals surface area (Å²) < 4.78 is 5.16. The van der Waals surface area contributed by atoms with Crippen molar-refractivity contribution in [3.63, 3.8) is 0 Å². The SMILES string of the molecule is CCC(CC)CC(CO)CNC(=O)OC(C)(C)C. The van der Waals surface area contributed by atoms with E-state index in [-0.39, 0.29) is 12.5 Å². The van der Waals surface area contributed by atoms with Crippen molar-refractivity contribution in [3.05, 3.63) is 0 Å². The Kier molecular flexibility index (Phi) is 8.00. The number of ether oxygens (including phenoxy) is 1. The summed E-state index contributed by atoms with van der Waals surface area (Å²) in [6.45, 7) is 10.4. The second-order valence-corrected chi connectivity index (χ2v) is 5.85. The van der Waals surface area contributed by atoms with E-state index in [2.05, 4.69) is 19.2 Å². The molecule has 108 valence electrons. The van der Waals surface area contributed by atoms with Crippen LogP contribution in [0.5, 0.6) is 0 Å². The van der Waals surface area contributed by atoms with Crippen molar-refractivity contribution in [1.29, 1.82) is 0 Å². The molecule has 18 heavy (non-hydrogen) atoms. The number of aliphatic hydroxyl groups excluding tert-OH is 1. The molecule has 0 spiro atoms. The molecule has 0 saturated heterocycles. The van der Waals surface area contributed by atoms with Crippen LogP contribution in [0.2, 0.25) is 0 Å². The fourth-order valence-corrected chi connectivity index (χ4v) is 1.86. The first kappa shape index (κ1) is 17.2. The Labute approximate surface area is 111 Å². The first-order valence-corrected chi connectivity index (χ1v) is 6.90. The highest BCUT2D eigenvalue weighted by Crippen LogP contribution is 2.18. The highest BCUT2D eigenvalue weighted by molar-refractivity contribution is 5.67. The van der Waals surface area contributed by atoms with Crippen LogP contribution in [-0.4, -0.2) is 30.0 Å². The molecule has 0 rings (SSSR count). The zero-order chi connectivity index (χ0) is 14.2. The van der Waals surface area contributed by atoms with Crippen LogP contribution in [-0.2, 0) is 4.74 Å². The molecule has 0 aliphatic heterocycles. The molecule has 0 bridgehead atoms. The largest absolute Gasteiger partial charge is 0.444 e. The number of hydrogen-bond acceptors (Lipinski definition) is 3. The standard InChI is InChI=1S/C14H29NO3/c1-6-11(7-2)8-12(10-16)9-15-13(17)18-14(3,4)5/h11-12,16H,6-10H2,1-5H3,(H,15,17). The molecule has 0 aromatic heterocycles. The van der Waals surface area contributed by atoms with Crippen LogP contribution in [0.3, 0.4) is 0 Å². The van der Waals surface area contributed by atoms with Gasteiger partial charge < -0.3 is 15.2 Å². The smallest absolute Gasteiger partial charge is 0.407 e. The number of carbonyl (C=O) groups is 1. The van der Waals surface area contributed by atoms with Gasteiger partial charge in [-0.05, 0) is 39.0 Å². The molecule has 1 unspecified atom stereocenters. The summed E-state index contributed by atoms with van der Waals surface area (Å²) in [6.07, 6.45) is 2.75. The lowest BCUT2D eigenvalue weighted by Gasteiger charge is -2.23. The van der Waals surface area contributed by atoms with E-state index >= 15 is 0 Å². The number of carbonyl (C=O) groups excluding carboxylic acids is 1. The minimum atomic E-state index is -0.478. The number of aliphatic hydroxyl groups is 1. The van der Waals surface area contributed by atoms with Crippen molar-refractivity contribution in [2.24, 2.45) is 11.8 Å². The zero-order valence-corrected chi connectivity index (χ0v) is 12.5. The molecule has 0 heterocycles. The highest BCUT2D eigenvalue weighted by Gasteiger charge is 2.18. The second kappa shape index (κ2) is 8.35. The molecule has 0 aromatic rings. The van der Waals surface area contributed by atoms with E-state index in [9.17, 15) is 9.90 Å². The predicted octanol–water partition coefficient (Wildman–Crippen LogP) is 2.95. The van der Waals surface area contributed by atoms with E-state index < -0.39 is 11.7 Å². The fourth-order valence-electron chi connectivity index (χ4n) is 1.86. The Morgan fingerprint density at radius 2 is 1.78 bits per heavy atom. The van der Waals surface area contributed by atoms with Gasteiger partial charge >= 0.3 is 6.09 Å². The summed E-state index contributed by atoms with van der Waals surface area (Å²) in [6, 6.07) is 0. The van der Waals surface area contributed by atoms with Crippen molar-refractivity contribution in [1.82, 2.24) is 5.32 Å². The van der Waals surface area contributed by atoms with Gasteiger partial charge in [0.05, 0.1) is 0 Å². The Morgan fingerprint density at radius 1 is 1.22 bits per heavy atom. The van der Waals surface area contributed by atoms with Crippen LogP contribution in [0.15, 0.2) is 0 Å². The summed E-state index contributed by atoms with van der Waals surface area (Å²) in [5, 5.41) is 12.0. The topological polar surface area (TPSA) is 58.6 Å². The second-order valence-electron chi connectivity index (χ2n) is 5.85. The monoisotopic (exact) mass is 259 g/mol. The maximum Gasteiger partial charge on any atom is 0.407 e. The van der Waals surface area contributed by atoms with E-state index in [0.717, 1.165) is 19.3 Å². The molecule has 0 fully saturated rings. The Hall–Kier alpha value is -0.770. The van der Waals surface area contributed by atoms with E-state index in [4.69, 9.17) is 4.74 Å². The first-order valence-electron chi connectivity index (χ1n) is 6.90. The van der Waals surface area contributed by atoms with Gasteiger partial charge in [0.1, 0.15) is 5.60 Å². The summed E-state index contributed by atoms with van der Waals surface area (Å²) in [5.74, 6) is 0.727. The average Bonchev–Trinajstić information content (AvgIpc) is 2.27. The minimum absolute atomic E-state index is 0.103. The maximum absolute atomic E-state index is 11.5. The van der Waals surface area contributed by atoms with Crippen LogP contribution in [0.25, 0.3) is 0 Å². The Morgan fingerprint density at radius 3 is 2.17 bits per heavy atom. The van der Waals surface area contributed by atoms with Gasteiger partial charge in [-0.15, -0.1) is 0 Å². The molecule has 1 amide bonds. The van der Waals surface area contributed by atoms with E-state index in [1.165, 1.54) is 0 Å². The molecular formula is C14H29NO3. The molecule has 0 radical (unpaired) electrons. The maximum atomic E-state index is 11.5. The van der Waals surface area contributed by atoms with Gasteiger partial charge in [-0.1, -0.05) is 26.7 Å². The molecule has 0 aliphatic rings. The number of nitrogens with one attached hydrogen (secondary N) is 1. The lowest BCUT2D eigenvalue weighted by Crippen LogP contribution is -2.36. The highest BCUT2D eigenvalue weighted by atomic mass is 16.6. The molecule has 4 heteroatoms. The summed E-state index contributed by atoms with van der Waals surface area (Å²) >= 11 is 0. The van der Waals surface area contributed by atoms with Crippen molar-refractivity contribution >= 4 is 6.09 Å². The minimum Gasteiger partial charge on any atom is -0.444 e. The number of rotatable bonds is 7. The summed E-state index contributed by atoms with van der Waals surface area (Å²) in [4.78, 5) is 11.5. The van der Waals surface area contributed by atoms with E-state index in [0.29, 0.717) is 12.5 Å². The van der Waals surface area contributed by atoms with Gasteiger partial charge in [-0.2, -0.15) is 0 Å². The van der Waals surface area contributed by atoms with Gasteiger partial charge in [0.2, 0.25) is 0 Å². The first-order chi connectivity index (χ1) is 8.32. The van der Waals surface area contributed by atoms with Crippen molar-refractivity contribution in [3.8, 4) is 0 Å². The summed E-state index contributed by atoms with van der Waals surface area (Å²) in [5.41, 5.74) is -0.478. The van der Waals surface area contributed by atoms with Gasteiger partial charge in [-0.3, -0.25) is 0 Å². The normalized spacial score (nSPS) is 13.5. The van der Waals surface area contributed by atoms with Crippen molar-refractivity contribution in [2.45, 2.75) is 59.5 Å². The van der Waals surface area contributed by atoms with Gasteiger partial charge in [-0.25, -0.2) is 4.79 Å². The van der Waals surface area contributed by atoms with Crippen molar-refractivity contribution in [2.75, 3.05) is 13.2 Å². The van der Waals surface area contributed by atoms with Gasteiger partial charge in [0.15, 0.2) is 0 Å². The van der Waals surface area contributed by atoms with Crippen LogP contribution >= 0.6 is 0 Å². The van der Waals surface area contributed by atoms with Crippen molar-refractivity contribution < 1.29 is 14.6 Å². The fraction of sp³-hybridized carbons (Fsp3) is 0.929. The van der Waals surface area contributed by atoms with E-state index in [1.807, 2.05) is 20.8 Å².